The zero-order chi connectivity index (χ0) is 10.1. The fourth-order valence-corrected chi connectivity index (χ4v) is 1.08. The Morgan fingerprint density at radius 2 is 2.36 bits per heavy atom. The molecule has 2 aromatic heterocycles. The number of imidazole rings is 1. The van der Waals surface area contributed by atoms with Crippen LogP contribution in [0, 0.1) is 0 Å². The number of aromatic nitrogens is 4. The van der Waals surface area contributed by atoms with Crippen molar-refractivity contribution in [3.8, 4) is 11.5 Å². The molecule has 6 heteroatoms. The van der Waals surface area contributed by atoms with Crippen LogP contribution in [0.1, 0.15) is 18.9 Å². The Bertz CT molecular complexity index is 432. The third-order valence-electron chi connectivity index (χ3n) is 1.84. The van der Waals surface area contributed by atoms with Gasteiger partial charge in [0.05, 0.1) is 12.5 Å². The summed E-state index contributed by atoms with van der Waals surface area (Å²) in [5.74, 6) is 0.641. The molecule has 0 aliphatic heterocycles. The van der Waals surface area contributed by atoms with Crippen LogP contribution in [0.4, 0.5) is 0 Å². The minimum atomic E-state index is -0.746. The summed E-state index contributed by atoms with van der Waals surface area (Å²) < 4.78 is 6.63. The molecule has 0 aromatic carbocycles. The largest absolute Gasteiger partial charge is 0.384 e. The molecule has 2 heterocycles. The molecule has 0 radical (unpaired) electrons. The first-order valence-corrected chi connectivity index (χ1v) is 4.17. The molecule has 0 fully saturated rings. The van der Waals surface area contributed by atoms with E-state index in [-0.39, 0.29) is 5.89 Å². The third-order valence-corrected chi connectivity index (χ3v) is 1.84. The first kappa shape index (κ1) is 8.89. The molecule has 6 nitrogen and oxygen atoms in total. The first-order chi connectivity index (χ1) is 6.68. The van der Waals surface area contributed by atoms with Crippen LogP contribution in [0.3, 0.4) is 0 Å². The summed E-state index contributed by atoms with van der Waals surface area (Å²) in [5, 5.41) is 12.9. The molecule has 0 spiro atoms. The summed E-state index contributed by atoms with van der Waals surface area (Å²) in [6.45, 7) is 1.57. The van der Waals surface area contributed by atoms with Crippen LogP contribution in [-0.2, 0) is 7.05 Å². The summed E-state index contributed by atoms with van der Waals surface area (Å²) in [4.78, 5) is 7.96. The van der Waals surface area contributed by atoms with Gasteiger partial charge in [-0.1, -0.05) is 5.16 Å². The maximum Gasteiger partial charge on any atom is 0.255 e. The average Bonchev–Trinajstić information content (AvgIpc) is 2.71. The minimum absolute atomic E-state index is 0.209. The molecule has 2 aromatic rings. The quantitative estimate of drug-likeness (QED) is 0.754. The van der Waals surface area contributed by atoms with Crippen molar-refractivity contribution in [3.63, 3.8) is 0 Å². The average molecular weight is 194 g/mol. The normalized spacial score (nSPS) is 13.1. The van der Waals surface area contributed by atoms with Crippen molar-refractivity contribution in [2.24, 2.45) is 7.05 Å². The predicted octanol–water partition coefficient (Wildman–Crippen LogP) is 0.523. The van der Waals surface area contributed by atoms with Crippen molar-refractivity contribution < 1.29 is 9.63 Å². The van der Waals surface area contributed by atoms with Crippen molar-refractivity contribution >= 4 is 0 Å². The highest BCUT2D eigenvalue weighted by Crippen LogP contribution is 2.16. The Kier molecular flexibility index (Phi) is 2.05. The van der Waals surface area contributed by atoms with Gasteiger partial charge in [-0.15, -0.1) is 0 Å². The van der Waals surface area contributed by atoms with E-state index < -0.39 is 6.10 Å². The van der Waals surface area contributed by atoms with Gasteiger partial charge in [-0.05, 0) is 6.92 Å². The minimum Gasteiger partial charge on any atom is -0.384 e. The molecular weight excluding hydrogens is 184 g/mol. The van der Waals surface area contributed by atoms with Crippen molar-refractivity contribution in [3.05, 3.63) is 18.4 Å². The van der Waals surface area contributed by atoms with Gasteiger partial charge in [-0.2, -0.15) is 4.98 Å². The van der Waals surface area contributed by atoms with Crippen molar-refractivity contribution in [1.82, 2.24) is 19.7 Å². The molecule has 74 valence electrons. The number of aliphatic hydroxyl groups excluding tert-OH is 1. The number of hydrogen-bond acceptors (Lipinski definition) is 5. The van der Waals surface area contributed by atoms with Crippen molar-refractivity contribution in [2.45, 2.75) is 13.0 Å². The molecule has 0 bridgehead atoms. The highest BCUT2D eigenvalue weighted by molar-refractivity contribution is 5.47. The van der Waals surface area contributed by atoms with Gasteiger partial charge in [0.25, 0.3) is 5.89 Å². The number of nitrogens with zero attached hydrogens (tertiary/aromatic N) is 4. The maximum absolute atomic E-state index is 9.19. The molecule has 0 saturated carbocycles. The Morgan fingerprint density at radius 1 is 1.57 bits per heavy atom. The van der Waals surface area contributed by atoms with Crippen LogP contribution < -0.4 is 0 Å². The van der Waals surface area contributed by atoms with Crippen LogP contribution in [0.25, 0.3) is 11.5 Å². The van der Waals surface area contributed by atoms with E-state index >= 15 is 0 Å². The Balaban J connectivity index is 2.39. The molecular formula is C8H10N4O2. The second-order valence-electron chi connectivity index (χ2n) is 3.02. The molecule has 0 aliphatic carbocycles. The topological polar surface area (TPSA) is 77.0 Å². The van der Waals surface area contributed by atoms with E-state index in [9.17, 15) is 5.11 Å². The molecule has 0 saturated heterocycles. The van der Waals surface area contributed by atoms with Gasteiger partial charge in [-0.25, -0.2) is 4.98 Å². The lowest BCUT2D eigenvalue weighted by Crippen LogP contribution is -1.93. The van der Waals surface area contributed by atoms with Gasteiger partial charge in [0.2, 0.25) is 5.82 Å². The molecule has 14 heavy (non-hydrogen) atoms. The standard InChI is InChI=1S/C8H10N4O2/c1-5(13)8-10-7(11-14-8)6-3-9-4-12(6)2/h3-5,13H,1-2H3/t5-/m0/s1. The van der Waals surface area contributed by atoms with E-state index in [4.69, 9.17) is 4.52 Å². The first-order valence-electron chi connectivity index (χ1n) is 4.17. The van der Waals surface area contributed by atoms with Crippen molar-refractivity contribution in [2.75, 3.05) is 0 Å². The summed E-state index contributed by atoms with van der Waals surface area (Å²) in [6.07, 6.45) is 2.54. The van der Waals surface area contributed by atoms with Gasteiger partial charge in [0, 0.05) is 7.05 Å². The zero-order valence-corrected chi connectivity index (χ0v) is 7.88. The second-order valence-corrected chi connectivity index (χ2v) is 3.02. The van der Waals surface area contributed by atoms with Crippen LogP contribution in [0.15, 0.2) is 17.0 Å². The monoisotopic (exact) mass is 194 g/mol. The van der Waals surface area contributed by atoms with E-state index in [1.54, 1.807) is 24.0 Å². The summed E-state index contributed by atoms with van der Waals surface area (Å²) in [6, 6.07) is 0. The van der Waals surface area contributed by atoms with E-state index in [1.165, 1.54) is 0 Å². The lowest BCUT2D eigenvalue weighted by Gasteiger charge is -1.94. The number of rotatable bonds is 2. The maximum atomic E-state index is 9.19. The number of aliphatic hydroxyl groups is 1. The summed E-state index contributed by atoms with van der Waals surface area (Å²) in [5.41, 5.74) is 0.751. The van der Waals surface area contributed by atoms with E-state index in [0.29, 0.717) is 5.82 Å². The molecule has 1 atom stereocenters. The second kappa shape index (κ2) is 3.22. The lowest BCUT2D eigenvalue weighted by atomic mass is 10.4. The lowest BCUT2D eigenvalue weighted by molar-refractivity contribution is 0.152. The fraction of sp³-hybridized carbons (Fsp3) is 0.375. The molecule has 0 aliphatic rings. The molecule has 0 unspecified atom stereocenters. The molecule has 1 N–H and O–H groups in total. The summed E-state index contributed by atoms with van der Waals surface area (Å²) >= 11 is 0. The van der Waals surface area contributed by atoms with Gasteiger partial charge in [0.1, 0.15) is 11.8 Å². The molecule has 2 rings (SSSR count). The van der Waals surface area contributed by atoms with Crippen LogP contribution in [0.2, 0.25) is 0 Å². The number of hydrogen-bond donors (Lipinski definition) is 1. The van der Waals surface area contributed by atoms with Gasteiger partial charge < -0.3 is 14.2 Å². The SMILES string of the molecule is C[C@H](O)c1nc(-c2cncn2C)no1. The molecule has 0 amide bonds. The Morgan fingerprint density at radius 3 is 2.86 bits per heavy atom. The van der Waals surface area contributed by atoms with Crippen LogP contribution in [-0.4, -0.2) is 24.8 Å². The Hall–Kier alpha value is -1.69. The van der Waals surface area contributed by atoms with Gasteiger partial charge >= 0.3 is 0 Å². The van der Waals surface area contributed by atoms with Crippen LogP contribution in [0.5, 0.6) is 0 Å². The number of aryl methyl sites for hydroxylation is 1. The van der Waals surface area contributed by atoms with Gasteiger partial charge in [0.15, 0.2) is 0 Å². The van der Waals surface area contributed by atoms with E-state index in [1.807, 2.05) is 7.05 Å². The highest BCUT2D eigenvalue weighted by Gasteiger charge is 2.14. The van der Waals surface area contributed by atoms with Crippen molar-refractivity contribution in [1.29, 1.82) is 0 Å². The van der Waals surface area contributed by atoms with E-state index in [0.717, 1.165) is 5.69 Å². The zero-order valence-electron chi connectivity index (χ0n) is 7.88. The Labute approximate surface area is 80.2 Å². The van der Waals surface area contributed by atoms with Crippen LogP contribution >= 0.6 is 0 Å². The summed E-state index contributed by atoms with van der Waals surface area (Å²) in [7, 11) is 1.83. The highest BCUT2D eigenvalue weighted by atomic mass is 16.5. The fourth-order valence-electron chi connectivity index (χ4n) is 1.08. The predicted molar refractivity (Wildman–Crippen MR) is 47.1 cm³/mol. The third kappa shape index (κ3) is 1.39. The smallest absolute Gasteiger partial charge is 0.255 e. The van der Waals surface area contributed by atoms with Gasteiger partial charge in [-0.3, -0.25) is 0 Å². The van der Waals surface area contributed by atoms with E-state index in [2.05, 4.69) is 15.1 Å².